The summed E-state index contributed by atoms with van der Waals surface area (Å²) in [6, 6.07) is 6.59. The molecule has 1 aromatic rings. The second-order valence-corrected chi connectivity index (χ2v) is 5.70. The van der Waals surface area contributed by atoms with Gasteiger partial charge in [0.05, 0.1) is 6.61 Å². The summed E-state index contributed by atoms with van der Waals surface area (Å²) < 4.78 is 6.04. The zero-order chi connectivity index (χ0) is 14.8. The van der Waals surface area contributed by atoms with E-state index in [1.807, 2.05) is 0 Å². The standard InChI is InChI=1S/C18H31NO/c1-4-6-7-8-9-13-20-18-15(3)11-10-12-16(18)14-17(19)5-2/h10-12,17H,4-9,13-14,19H2,1-3H3. The van der Waals surface area contributed by atoms with Crippen LogP contribution in [-0.2, 0) is 6.42 Å². The minimum absolute atomic E-state index is 0.226. The average molecular weight is 277 g/mol. The van der Waals surface area contributed by atoms with E-state index in [4.69, 9.17) is 10.5 Å². The van der Waals surface area contributed by atoms with Gasteiger partial charge in [-0.3, -0.25) is 0 Å². The lowest BCUT2D eigenvalue weighted by Gasteiger charge is -2.16. The molecule has 0 saturated heterocycles. The summed E-state index contributed by atoms with van der Waals surface area (Å²) in [5, 5.41) is 0. The molecule has 0 bridgehead atoms. The molecule has 2 nitrogen and oxygen atoms in total. The van der Waals surface area contributed by atoms with Crippen LogP contribution in [0.25, 0.3) is 0 Å². The summed E-state index contributed by atoms with van der Waals surface area (Å²) in [6.45, 7) is 7.32. The van der Waals surface area contributed by atoms with E-state index in [0.29, 0.717) is 0 Å². The largest absolute Gasteiger partial charge is 0.493 e. The summed E-state index contributed by atoms with van der Waals surface area (Å²) in [6.07, 6.45) is 8.27. The highest BCUT2D eigenvalue weighted by Crippen LogP contribution is 2.25. The van der Waals surface area contributed by atoms with E-state index in [-0.39, 0.29) is 6.04 Å². The molecule has 0 aliphatic rings. The lowest BCUT2D eigenvalue weighted by atomic mass is 10.0. The van der Waals surface area contributed by atoms with Crippen LogP contribution >= 0.6 is 0 Å². The molecule has 0 aliphatic carbocycles. The summed E-state index contributed by atoms with van der Waals surface area (Å²) in [4.78, 5) is 0. The number of para-hydroxylation sites is 1. The molecule has 0 saturated carbocycles. The molecule has 0 heterocycles. The van der Waals surface area contributed by atoms with E-state index in [0.717, 1.165) is 31.6 Å². The SMILES string of the molecule is CCCCCCCOc1c(C)cccc1CC(N)CC. The van der Waals surface area contributed by atoms with E-state index >= 15 is 0 Å². The predicted molar refractivity (Wildman–Crippen MR) is 87.4 cm³/mol. The molecule has 1 rings (SSSR count). The molecule has 0 spiro atoms. The normalized spacial score (nSPS) is 12.4. The predicted octanol–water partition coefficient (Wildman–Crippen LogP) is 4.62. The molecule has 1 unspecified atom stereocenters. The van der Waals surface area contributed by atoms with Gasteiger partial charge in [-0.05, 0) is 37.3 Å². The molecular formula is C18H31NO. The van der Waals surface area contributed by atoms with E-state index in [9.17, 15) is 0 Å². The van der Waals surface area contributed by atoms with Gasteiger partial charge in [0.25, 0.3) is 0 Å². The van der Waals surface area contributed by atoms with E-state index in [2.05, 4.69) is 39.0 Å². The van der Waals surface area contributed by atoms with Gasteiger partial charge in [-0.15, -0.1) is 0 Å². The quantitative estimate of drug-likeness (QED) is 0.633. The maximum atomic E-state index is 6.08. The van der Waals surface area contributed by atoms with Gasteiger partial charge in [0.2, 0.25) is 0 Å². The first-order valence-electron chi connectivity index (χ1n) is 8.15. The van der Waals surface area contributed by atoms with Gasteiger partial charge in [-0.2, -0.15) is 0 Å². The molecule has 2 N–H and O–H groups in total. The van der Waals surface area contributed by atoms with E-state index in [1.165, 1.54) is 36.8 Å². The fourth-order valence-electron chi connectivity index (χ4n) is 2.39. The molecule has 0 radical (unpaired) electrons. The van der Waals surface area contributed by atoms with Crippen LogP contribution in [0.2, 0.25) is 0 Å². The zero-order valence-electron chi connectivity index (χ0n) is 13.5. The molecule has 0 aromatic heterocycles. The molecule has 114 valence electrons. The number of hydrogen-bond acceptors (Lipinski definition) is 2. The van der Waals surface area contributed by atoms with Crippen molar-refractivity contribution in [2.45, 2.75) is 71.8 Å². The number of aryl methyl sites for hydroxylation is 1. The van der Waals surface area contributed by atoms with E-state index in [1.54, 1.807) is 0 Å². The Labute approximate surface area is 124 Å². The third-order valence-electron chi connectivity index (χ3n) is 3.79. The van der Waals surface area contributed by atoms with Gasteiger partial charge in [-0.1, -0.05) is 57.7 Å². The Bertz CT molecular complexity index is 376. The highest BCUT2D eigenvalue weighted by atomic mass is 16.5. The molecule has 2 heteroatoms. The molecule has 0 amide bonds. The van der Waals surface area contributed by atoms with Gasteiger partial charge < -0.3 is 10.5 Å². The Balaban J connectivity index is 2.50. The Morgan fingerprint density at radius 1 is 1.10 bits per heavy atom. The fraction of sp³-hybridized carbons (Fsp3) is 0.667. The fourth-order valence-corrected chi connectivity index (χ4v) is 2.39. The van der Waals surface area contributed by atoms with Crippen molar-refractivity contribution >= 4 is 0 Å². The Morgan fingerprint density at radius 2 is 1.85 bits per heavy atom. The smallest absolute Gasteiger partial charge is 0.125 e. The third-order valence-corrected chi connectivity index (χ3v) is 3.79. The lowest BCUT2D eigenvalue weighted by molar-refractivity contribution is 0.299. The Kier molecular flexibility index (Phi) is 8.36. The summed E-state index contributed by atoms with van der Waals surface area (Å²) in [5.41, 5.74) is 8.56. The molecule has 1 atom stereocenters. The number of ether oxygens (including phenoxy) is 1. The second-order valence-electron chi connectivity index (χ2n) is 5.70. The van der Waals surface area contributed by atoms with Crippen molar-refractivity contribution in [2.75, 3.05) is 6.61 Å². The van der Waals surface area contributed by atoms with Gasteiger partial charge in [-0.25, -0.2) is 0 Å². The third kappa shape index (κ3) is 5.96. The van der Waals surface area contributed by atoms with Crippen LogP contribution in [0, 0.1) is 6.92 Å². The van der Waals surface area contributed by atoms with Crippen molar-refractivity contribution < 1.29 is 4.74 Å². The molecule has 0 fully saturated rings. The van der Waals surface area contributed by atoms with Crippen molar-refractivity contribution in [1.29, 1.82) is 0 Å². The van der Waals surface area contributed by atoms with Crippen LogP contribution in [0.4, 0.5) is 0 Å². The van der Waals surface area contributed by atoms with Crippen molar-refractivity contribution in [3.63, 3.8) is 0 Å². The Hall–Kier alpha value is -1.02. The van der Waals surface area contributed by atoms with Crippen LogP contribution in [-0.4, -0.2) is 12.6 Å². The zero-order valence-corrected chi connectivity index (χ0v) is 13.5. The van der Waals surface area contributed by atoms with Crippen LogP contribution in [0.5, 0.6) is 5.75 Å². The number of unbranched alkanes of at least 4 members (excludes halogenated alkanes) is 4. The first-order chi connectivity index (χ1) is 9.69. The second kappa shape index (κ2) is 9.82. The Morgan fingerprint density at radius 3 is 2.55 bits per heavy atom. The number of hydrogen-bond donors (Lipinski definition) is 1. The minimum Gasteiger partial charge on any atom is -0.493 e. The van der Waals surface area contributed by atoms with Crippen LogP contribution < -0.4 is 10.5 Å². The van der Waals surface area contributed by atoms with Gasteiger partial charge in [0.1, 0.15) is 5.75 Å². The first kappa shape index (κ1) is 17.0. The first-order valence-corrected chi connectivity index (χ1v) is 8.15. The van der Waals surface area contributed by atoms with Crippen molar-refractivity contribution in [3.8, 4) is 5.75 Å². The number of rotatable bonds is 10. The average Bonchev–Trinajstić information content (AvgIpc) is 2.45. The summed E-state index contributed by atoms with van der Waals surface area (Å²) in [5.74, 6) is 1.06. The number of benzene rings is 1. The van der Waals surface area contributed by atoms with Gasteiger partial charge in [0.15, 0.2) is 0 Å². The summed E-state index contributed by atoms with van der Waals surface area (Å²) in [7, 11) is 0. The molecule has 0 aliphatic heterocycles. The molecule has 20 heavy (non-hydrogen) atoms. The highest BCUT2D eigenvalue weighted by Gasteiger charge is 2.10. The van der Waals surface area contributed by atoms with E-state index < -0.39 is 0 Å². The molecular weight excluding hydrogens is 246 g/mol. The van der Waals surface area contributed by atoms with Crippen LogP contribution in [0.1, 0.15) is 63.5 Å². The van der Waals surface area contributed by atoms with Crippen molar-refractivity contribution in [1.82, 2.24) is 0 Å². The van der Waals surface area contributed by atoms with Crippen molar-refractivity contribution in [3.05, 3.63) is 29.3 Å². The topological polar surface area (TPSA) is 35.2 Å². The van der Waals surface area contributed by atoms with Gasteiger partial charge >= 0.3 is 0 Å². The van der Waals surface area contributed by atoms with Gasteiger partial charge in [0, 0.05) is 6.04 Å². The van der Waals surface area contributed by atoms with Crippen molar-refractivity contribution in [2.24, 2.45) is 5.73 Å². The maximum Gasteiger partial charge on any atom is 0.125 e. The summed E-state index contributed by atoms with van der Waals surface area (Å²) >= 11 is 0. The monoisotopic (exact) mass is 277 g/mol. The highest BCUT2D eigenvalue weighted by molar-refractivity contribution is 5.41. The molecule has 1 aromatic carbocycles. The van der Waals surface area contributed by atoms with Crippen LogP contribution in [0.15, 0.2) is 18.2 Å². The number of nitrogens with two attached hydrogens (primary N) is 1. The minimum atomic E-state index is 0.226. The maximum absolute atomic E-state index is 6.08. The lowest BCUT2D eigenvalue weighted by Crippen LogP contribution is -2.22. The van der Waals surface area contributed by atoms with Crippen LogP contribution in [0.3, 0.4) is 0 Å².